The van der Waals surface area contributed by atoms with Crippen molar-refractivity contribution in [2.24, 2.45) is 0 Å². The number of aryl methyl sites for hydroxylation is 2. The summed E-state index contributed by atoms with van der Waals surface area (Å²) in [5.41, 5.74) is 2.96. The van der Waals surface area contributed by atoms with Crippen molar-refractivity contribution in [1.29, 1.82) is 0 Å². The summed E-state index contributed by atoms with van der Waals surface area (Å²) in [6.07, 6.45) is 1.76. The van der Waals surface area contributed by atoms with Gasteiger partial charge in [0.25, 0.3) is 0 Å². The fourth-order valence-corrected chi connectivity index (χ4v) is 10.8. The molecule has 0 heterocycles. The fraction of sp³-hybridized carbons (Fsp3) is 0.194. The zero-order chi connectivity index (χ0) is 24.0. The van der Waals surface area contributed by atoms with Gasteiger partial charge >= 0.3 is 204 Å². The summed E-state index contributed by atoms with van der Waals surface area (Å²) >= 11 is 0. The number of carbonyl (C=O) groups excluding carboxylic acids is 1. The first kappa shape index (κ1) is 23.9. The molecule has 0 fully saturated rings. The van der Waals surface area contributed by atoms with Crippen LogP contribution in [-0.4, -0.2) is 11.6 Å². The third kappa shape index (κ3) is 4.56. The molecule has 0 aliphatic heterocycles. The van der Waals surface area contributed by atoms with Crippen LogP contribution in [0.4, 0.5) is 5.69 Å². The number of hydrogen-bond donors (Lipinski definition) is 1. The molecule has 34 heavy (non-hydrogen) atoms. The molecule has 0 aromatic heterocycles. The van der Waals surface area contributed by atoms with Crippen molar-refractivity contribution in [3.63, 3.8) is 0 Å². The Morgan fingerprint density at radius 2 is 1.09 bits per heavy atom. The molecule has 1 atom stereocenters. The van der Waals surface area contributed by atoms with Gasteiger partial charge in [0, 0.05) is 0 Å². The van der Waals surface area contributed by atoms with Crippen LogP contribution in [0.15, 0.2) is 109 Å². The quantitative estimate of drug-likeness (QED) is 0.310. The number of nitrogens with one attached hydrogen (secondary N) is 1. The summed E-state index contributed by atoms with van der Waals surface area (Å²) in [6, 6.07) is 38.3. The van der Waals surface area contributed by atoms with Gasteiger partial charge in [-0.15, -0.1) is 0 Å². The third-order valence-electron chi connectivity index (χ3n) is 6.83. The van der Waals surface area contributed by atoms with Crippen LogP contribution in [0.2, 0.25) is 0 Å². The molecule has 174 valence electrons. The zero-order valence-corrected chi connectivity index (χ0v) is 21.3. The van der Waals surface area contributed by atoms with Crippen molar-refractivity contribution in [3.05, 3.63) is 120 Å². The standard InChI is InChI=1S/C31H34NOP/c1-4-15-29(31(33)32-30-24(2)16-14-17-25(30)3)34(26-18-8-5-9-19-26,27-20-10-6-11-21-27)28-22-12-7-13-23-28/h5-14,16-23,29,34H,4,15H2,1-3H3,(H,32,33). The molecule has 2 nitrogen and oxygen atoms in total. The van der Waals surface area contributed by atoms with E-state index in [-0.39, 0.29) is 11.6 Å². The second-order valence-corrected chi connectivity index (χ2v) is 13.0. The maximum atomic E-state index is 14.3. The van der Waals surface area contributed by atoms with Crippen molar-refractivity contribution >= 4 is 34.8 Å². The number of benzene rings is 4. The van der Waals surface area contributed by atoms with E-state index in [9.17, 15) is 4.79 Å². The number of hydrogen-bond acceptors (Lipinski definition) is 1. The van der Waals surface area contributed by atoms with Crippen LogP contribution in [-0.2, 0) is 4.79 Å². The minimum atomic E-state index is -2.74. The summed E-state index contributed by atoms with van der Waals surface area (Å²) in [4.78, 5) is 14.3. The van der Waals surface area contributed by atoms with E-state index in [1.807, 2.05) is 6.07 Å². The van der Waals surface area contributed by atoms with Gasteiger partial charge in [0.1, 0.15) is 0 Å². The number of para-hydroxylation sites is 1. The molecule has 0 saturated carbocycles. The number of amides is 1. The normalized spacial score (nSPS) is 12.7. The van der Waals surface area contributed by atoms with Crippen LogP contribution >= 0.6 is 7.26 Å². The average molecular weight is 468 g/mol. The van der Waals surface area contributed by atoms with Gasteiger partial charge in [0.05, 0.1) is 0 Å². The van der Waals surface area contributed by atoms with E-state index < -0.39 is 7.26 Å². The SMILES string of the molecule is CCCC(C(=O)Nc1c(C)cccc1C)[PH](c1ccccc1)(c1ccccc1)c1ccccc1. The molecular weight excluding hydrogens is 433 g/mol. The van der Waals surface area contributed by atoms with E-state index in [1.165, 1.54) is 15.9 Å². The predicted molar refractivity (Wildman–Crippen MR) is 150 cm³/mol. The molecular formula is C31H34NOP. The van der Waals surface area contributed by atoms with Gasteiger partial charge in [0.15, 0.2) is 0 Å². The van der Waals surface area contributed by atoms with Crippen LogP contribution in [0.1, 0.15) is 30.9 Å². The van der Waals surface area contributed by atoms with E-state index in [2.05, 4.69) is 129 Å². The maximum absolute atomic E-state index is 14.3. The van der Waals surface area contributed by atoms with Crippen LogP contribution in [0, 0.1) is 13.8 Å². The van der Waals surface area contributed by atoms with Gasteiger partial charge in [-0.25, -0.2) is 0 Å². The van der Waals surface area contributed by atoms with Crippen molar-refractivity contribution in [2.75, 3.05) is 5.32 Å². The van der Waals surface area contributed by atoms with Crippen LogP contribution in [0.5, 0.6) is 0 Å². The topological polar surface area (TPSA) is 29.1 Å². The molecule has 1 unspecified atom stereocenters. The van der Waals surface area contributed by atoms with Crippen LogP contribution < -0.4 is 21.2 Å². The van der Waals surface area contributed by atoms with Crippen molar-refractivity contribution in [3.8, 4) is 0 Å². The Kier molecular flexibility index (Phi) is 7.60. The van der Waals surface area contributed by atoms with Gasteiger partial charge in [-0.1, -0.05) is 0 Å². The van der Waals surface area contributed by atoms with Gasteiger partial charge < -0.3 is 0 Å². The number of rotatable bonds is 8. The molecule has 4 aromatic carbocycles. The zero-order valence-electron chi connectivity index (χ0n) is 20.3. The van der Waals surface area contributed by atoms with E-state index >= 15 is 0 Å². The predicted octanol–water partition coefficient (Wildman–Crippen LogP) is 6.14. The first-order valence-corrected chi connectivity index (χ1v) is 14.2. The molecule has 0 aliphatic carbocycles. The Balaban J connectivity index is 1.98. The summed E-state index contributed by atoms with van der Waals surface area (Å²) in [5, 5.41) is 7.17. The molecule has 0 bridgehead atoms. The van der Waals surface area contributed by atoms with Crippen molar-refractivity contribution in [2.45, 2.75) is 39.3 Å². The molecule has 0 saturated heterocycles. The first-order chi connectivity index (χ1) is 16.6. The van der Waals surface area contributed by atoms with Crippen LogP contribution in [0.25, 0.3) is 0 Å². The Bertz CT molecular complexity index is 1110. The second-order valence-electron chi connectivity index (χ2n) is 9.00. The Labute approximate surface area is 204 Å². The molecule has 1 N–H and O–H groups in total. The van der Waals surface area contributed by atoms with E-state index in [0.29, 0.717) is 0 Å². The van der Waals surface area contributed by atoms with Gasteiger partial charge in [-0.2, -0.15) is 0 Å². The molecule has 3 heteroatoms. The van der Waals surface area contributed by atoms with E-state index in [4.69, 9.17) is 0 Å². The second kappa shape index (κ2) is 10.8. The van der Waals surface area contributed by atoms with Gasteiger partial charge in [-0.3, -0.25) is 0 Å². The molecule has 4 rings (SSSR count). The minimum absolute atomic E-state index is 0.113. The molecule has 1 amide bonds. The Morgan fingerprint density at radius 1 is 0.676 bits per heavy atom. The van der Waals surface area contributed by atoms with Crippen molar-refractivity contribution < 1.29 is 4.79 Å². The number of anilines is 1. The molecule has 0 radical (unpaired) electrons. The summed E-state index contributed by atoms with van der Waals surface area (Å²) in [6.45, 7) is 6.31. The molecule has 4 aromatic rings. The summed E-state index contributed by atoms with van der Waals surface area (Å²) in [5.74, 6) is 0.113. The summed E-state index contributed by atoms with van der Waals surface area (Å²) in [7, 11) is -2.74. The van der Waals surface area contributed by atoms with Crippen LogP contribution in [0.3, 0.4) is 0 Å². The van der Waals surface area contributed by atoms with Gasteiger partial charge in [0.2, 0.25) is 0 Å². The fourth-order valence-electron chi connectivity index (χ4n) is 5.26. The summed E-state index contributed by atoms with van der Waals surface area (Å²) < 4.78 is 0. The van der Waals surface area contributed by atoms with Crippen molar-refractivity contribution in [1.82, 2.24) is 0 Å². The van der Waals surface area contributed by atoms with Gasteiger partial charge in [-0.05, 0) is 0 Å². The van der Waals surface area contributed by atoms with E-state index in [1.54, 1.807) is 0 Å². The first-order valence-electron chi connectivity index (χ1n) is 12.1. The third-order valence-corrected chi connectivity index (χ3v) is 12.2. The Hall–Kier alpha value is -3.22. The Morgan fingerprint density at radius 3 is 1.47 bits per heavy atom. The average Bonchev–Trinajstić information content (AvgIpc) is 2.88. The monoisotopic (exact) mass is 467 g/mol. The molecule has 0 aliphatic rings. The van der Waals surface area contributed by atoms with E-state index in [0.717, 1.165) is 29.7 Å². The molecule has 0 spiro atoms. The number of carbonyl (C=O) groups is 1.